The maximum absolute atomic E-state index is 11.9. The van der Waals surface area contributed by atoms with Crippen molar-refractivity contribution in [3.05, 3.63) is 65.9 Å². The Balaban J connectivity index is 1.63. The van der Waals surface area contributed by atoms with Gasteiger partial charge in [-0.1, -0.05) is 48.5 Å². The number of nitrogens with zero attached hydrogens (tertiary/aromatic N) is 1. The number of carbonyl (C=O) groups is 1. The number of fused-ring (bicyclic) bond motifs is 1. The Kier molecular flexibility index (Phi) is 3.46. The summed E-state index contributed by atoms with van der Waals surface area (Å²) in [6, 6.07) is 17.6. The Morgan fingerprint density at radius 2 is 1.80 bits per heavy atom. The number of rotatable bonds is 4. The second-order valence-electron chi connectivity index (χ2n) is 4.66. The van der Waals surface area contributed by atoms with Crippen molar-refractivity contribution in [3.8, 4) is 0 Å². The van der Waals surface area contributed by atoms with Crippen LogP contribution in [0.3, 0.4) is 0 Å². The first kappa shape index (κ1) is 12.4. The Morgan fingerprint density at radius 1 is 1.05 bits per heavy atom. The van der Waals surface area contributed by atoms with Crippen LogP contribution in [0, 0.1) is 0 Å². The molecule has 4 heteroatoms. The lowest BCUT2D eigenvalue weighted by molar-refractivity contribution is -0.120. The number of hydrogen-bond donors (Lipinski definition) is 2. The predicted molar refractivity (Wildman–Crippen MR) is 78.1 cm³/mol. The number of benzene rings is 2. The lowest BCUT2D eigenvalue weighted by atomic mass is 10.1. The van der Waals surface area contributed by atoms with E-state index >= 15 is 0 Å². The monoisotopic (exact) mass is 265 g/mol. The average molecular weight is 265 g/mol. The Bertz CT molecular complexity index is 719. The summed E-state index contributed by atoms with van der Waals surface area (Å²) in [5, 5.41) is 11.1. The molecule has 1 aromatic heterocycles. The first-order valence-corrected chi connectivity index (χ1v) is 6.55. The molecule has 0 saturated heterocycles. The summed E-state index contributed by atoms with van der Waals surface area (Å²) in [6.07, 6.45) is 0.396. The lowest BCUT2D eigenvalue weighted by Crippen LogP contribution is -2.24. The number of nitrogens with one attached hydrogen (secondary N) is 2. The highest BCUT2D eigenvalue weighted by Gasteiger charge is 2.07. The van der Waals surface area contributed by atoms with Gasteiger partial charge in [0.1, 0.15) is 0 Å². The zero-order chi connectivity index (χ0) is 13.8. The van der Waals surface area contributed by atoms with Gasteiger partial charge in [-0.25, -0.2) is 0 Å². The summed E-state index contributed by atoms with van der Waals surface area (Å²) in [7, 11) is 0. The molecule has 2 aromatic carbocycles. The molecule has 0 aliphatic carbocycles. The predicted octanol–water partition coefficient (Wildman–Crippen LogP) is 2.42. The van der Waals surface area contributed by atoms with Crippen LogP contribution < -0.4 is 5.32 Å². The van der Waals surface area contributed by atoms with E-state index in [1.54, 1.807) is 0 Å². The van der Waals surface area contributed by atoms with E-state index in [2.05, 4.69) is 15.5 Å². The second-order valence-corrected chi connectivity index (χ2v) is 4.66. The van der Waals surface area contributed by atoms with Crippen LogP contribution in [0.1, 0.15) is 11.3 Å². The normalized spacial score (nSPS) is 10.6. The van der Waals surface area contributed by atoms with Crippen molar-refractivity contribution in [1.82, 2.24) is 15.5 Å². The number of para-hydroxylation sites is 1. The third-order valence-electron chi connectivity index (χ3n) is 3.21. The van der Waals surface area contributed by atoms with E-state index in [0.717, 1.165) is 22.2 Å². The lowest BCUT2D eigenvalue weighted by Gasteiger charge is -2.04. The van der Waals surface area contributed by atoms with Gasteiger partial charge in [-0.05, 0) is 11.6 Å². The number of hydrogen-bond acceptors (Lipinski definition) is 2. The van der Waals surface area contributed by atoms with E-state index in [0.29, 0.717) is 13.0 Å². The molecule has 0 radical (unpaired) electrons. The van der Waals surface area contributed by atoms with Crippen molar-refractivity contribution in [1.29, 1.82) is 0 Å². The van der Waals surface area contributed by atoms with Crippen molar-refractivity contribution in [3.63, 3.8) is 0 Å². The van der Waals surface area contributed by atoms with E-state index in [9.17, 15) is 4.79 Å². The van der Waals surface area contributed by atoms with Gasteiger partial charge in [0, 0.05) is 5.39 Å². The van der Waals surface area contributed by atoms with E-state index in [1.807, 2.05) is 54.6 Å². The number of H-pyrrole nitrogens is 1. The number of aromatic nitrogens is 2. The summed E-state index contributed by atoms with van der Waals surface area (Å²) < 4.78 is 0. The van der Waals surface area contributed by atoms with Crippen molar-refractivity contribution in [2.24, 2.45) is 0 Å². The highest BCUT2D eigenvalue weighted by atomic mass is 16.1. The number of aromatic amines is 1. The zero-order valence-corrected chi connectivity index (χ0v) is 11.0. The fourth-order valence-corrected chi connectivity index (χ4v) is 2.18. The fourth-order valence-electron chi connectivity index (χ4n) is 2.18. The molecule has 3 rings (SSSR count). The van der Waals surface area contributed by atoms with Gasteiger partial charge in [-0.3, -0.25) is 9.89 Å². The Labute approximate surface area is 116 Å². The minimum atomic E-state index is 0.00915. The summed E-state index contributed by atoms with van der Waals surface area (Å²) in [4.78, 5) is 11.9. The van der Waals surface area contributed by atoms with Crippen molar-refractivity contribution in [2.45, 2.75) is 13.0 Å². The molecule has 0 atom stereocenters. The van der Waals surface area contributed by atoms with Gasteiger partial charge in [-0.2, -0.15) is 5.10 Å². The Morgan fingerprint density at radius 3 is 2.65 bits per heavy atom. The molecule has 4 nitrogen and oxygen atoms in total. The van der Waals surface area contributed by atoms with Gasteiger partial charge >= 0.3 is 0 Å². The minimum absolute atomic E-state index is 0.00915. The van der Waals surface area contributed by atoms with Crippen LogP contribution in [0.25, 0.3) is 10.9 Å². The molecule has 1 amide bonds. The van der Waals surface area contributed by atoms with Crippen molar-refractivity contribution in [2.75, 3.05) is 0 Å². The standard InChI is InChI=1S/C16H15N3O/c20-16(10-12-6-2-1-3-7-12)17-11-15-13-8-4-5-9-14(13)18-19-15/h1-9H,10-11H2,(H,17,20)(H,18,19). The molecule has 0 saturated carbocycles. The first-order chi connectivity index (χ1) is 9.83. The van der Waals surface area contributed by atoms with Gasteiger partial charge in [0.25, 0.3) is 0 Å². The van der Waals surface area contributed by atoms with E-state index in [1.165, 1.54) is 0 Å². The van der Waals surface area contributed by atoms with Crippen LogP contribution in [0.5, 0.6) is 0 Å². The van der Waals surface area contributed by atoms with Crippen LogP contribution >= 0.6 is 0 Å². The molecule has 100 valence electrons. The van der Waals surface area contributed by atoms with Gasteiger partial charge in [0.05, 0.1) is 24.2 Å². The quantitative estimate of drug-likeness (QED) is 0.761. The zero-order valence-electron chi connectivity index (χ0n) is 11.0. The molecule has 0 unspecified atom stereocenters. The molecule has 3 aromatic rings. The summed E-state index contributed by atoms with van der Waals surface area (Å²) in [5.41, 5.74) is 2.86. The third kappa shape index (κ3) is 2.69. The second kappa shape index (κ2) is 5.57. The highest BCUT2D eigenvalue weighted by molar-refractivity contribution is 5.82. The van der Waals surface area contributed by atoms with Gasteiger partial charge in [-0.15, -0.1) is 0 Å². The van der Waals surface area contributed by atoms with Crippen molar-refractivity contribution < 1.29 is 4.79 Å². The molecular formula is C16H15N3O. The van der Waals surface area contributed by atoms with Crippen LogP contribution in [0.2, 0.25) is 0 Å². The molecule has 0 bridgehead atoms. The van der Waals surface area contributed by atoms with E-state index < -0.39 is 0 Å². The molecule has 1 heterocycles. The van der Waals surface area contributed by atoms with Gasteiger partial charge in [0.15, 0.2) is 0 Å². The largest absolute Gasteiger partial charge is 0.350 e. The molecule has 20 heavy (non-hydrogen) atoms. The summed E-state index contributed by atoms with van der Waals surface area (Å²) >= 11 is 0. The van der Waals surface area contributed by atoms with Crippen LogP contribution in [0.15, 0.2) is 54.6 Å². The summed E-state index contributed by atoms with van der Waals surface area (Å²) in [6.45, 7) is 0.464. The van der Waals surface area contributed by atoms with Crippen molar-refractivity contribution >= 4 is 16.8 Å². The van der Waals surface area contributed by atoms with E-state index in [-0.39, 0.29) is 5.91 Å². The average Bonchev–Trinajstić information content (AvgIpc) is 2.89. The van der Waals surface area contributed by atoms with E-state index in [4.69, 9.17) is 0 Å². The molecule has 0 aliphatic heterocycles. The van der Waals surface area contributed by atoms with Crippen LogP contribution in [0.4, 0.5) is 0 Å². The Hall–Kier alpha value is -2.62. The third-order valence-corrected chi connectivity index (χ3v) is 3.21. The molecule has 0 aliphatic rings. The van der Waals surface area contributed by atoms with Crippen LogP contribution in [-0.2, 0) is 17.8 Å². The minimum Gasteiger partial charge on any atom is -0.350 e. The molecule has 0 spiro atoms. The topological polar surface area (TPSA) is 57.8 Å². The fraction of sp³-hybridized carbons (Fsp3) is 0.125. The first-order valence-electron chi connectivity index (χ1n) is 6.55. The van der Waals surface area contributed by atoms with Crippen LogP contribution in [-0.4, -0.2) is 16.1 Å². The SMILES string of the molecule is O=C(Cc1ccccc1)NCc1[nH]nc2ccccc12. The highest BCUT2D eigenvalue weighted by Crippen LogP contribution is 2.14. The maximum Gasteiger partial charge on any atom is 0.224 e. The van der Waals surface area contributed by atoms with Gasteiger partial charge in [0.2, 0.25) is 5.91 Å². The maximum atomic E-state index is 11.9. The smallest absolute Gasteiger partial charge is 0.224 e. The summed E-state index contributed by atoms with van der Waals surface area (Å²) in [5.74, 6) is 0.00915. The number of carbonyl (C=O) groups excluding carboxylic acids is 1. The molecule has 0 fully saturated rings. The number of amides is 1. The molecular weight excluding hydrogens is 250 g/mol. The van der Waals surface area contributed by atoms with Gasteiger partial charge < -0.3 is 5.32 Å². The molecule has 2 N–H and O–H groups in total.